The summed E-state index contributed by atoms with van der Waals surface area (Å²) in [5.74, 6) is -0.311. The van der Waals surface area contributed by atoms with E-state index in [0.29, 0.717) is 0 Å². The number of hydrogen-bond donors (Lipinski definition) is 1. The summed E-state index contributed by atoms with van der Waals surface area (Å²) in [5.41, 5.74) is 0. The zero-order valence-electron chi connectivity index (χ0n) is 7.10. The van der Waals surface area contributed by atoms with Crippen LogP contribution in [0.2, 0.25) is 0 Å². The molecule has 0 heterocycles. The first-order chi connectivity index (χ1) is 6.06. The van der Waals surface area contributed by atoms with Crippen LogP contribution in [0.15, 0.2) is 29.2 Å². The second kappa shape index (κ2) is 3.76. The van der Waals surface area contributed by atoms with Crippen LogP contribution in [-0.2, 0) is 14.6 Å². The van der Waals surface area contributed by atoms with E-state index in [4.69, 9.17) is 5.11 Å². The standard InChI is InChI=1S/C8H10O4S/c1-12-6-13(10,11)8-4-2-7(9)3-5-8/h2-5,9H,6H2,1H3. The second-order valence-corrected chi connectivity index (χ2v) is 4.45. The zero-order chi connectivity index (χ0) is 9.90. The highest BCUT2D eigenvalue weighted by Crippen LogP contribution is 2.15. The molecule has 0 bridgehead atoms. The lowest BCUT2D eigenvalue weighted by Gasteiger charge is -2.02. The van der Waals surface area contributed by atoms with E-state index in [1.54, 1.807) is 0 Å². The number of rotatable bonds is 3. The Balaban J connectivity index is 3.02. The van der Waals surface area contributed by atoms with Crippen LogP contribution in [0.25, 0.3) is 0 Å². The normalized spacial score (nSPS) is 11.5. The Morgan fingerprint density at radius 1 is 1.31 bits per heavy atom. The first kappa shape index (κ1) is 10.0. The molecule has 0 atom stereocenters. The minimum absolute atomic E-state index is 0.0383. The van der Waals surface area contributed by atoms with Gasteiger partial charge in [0.05, 0.1) is 4.90 Å². The molecule has 0 spiro atoms. The predicted octanol–water partition coefficient (Wildman–Crippen LogP) is 0.770. The van der Waals surface area contributed by atoms with Gasteiger partial charge in [-0.25, -0.2) is 8.42 Å². The van der Waals surface area contributed by atoms with Crippen LogP contribution in [-0.4, -0.2) is 26.6 Å². The molecule has 1 aromatic rings. The molecule has 5 heteroatoms. The molecule has 0 fully saturated rings. The Bertz CT molecular complexity index is 366. The highest BCUT2D eigenvalue weighted by Gasteiger charge is 2.12. The Labute approximate surface area is 76.7 Å². The third-order valence-electron chi connectivity index (χ3n) is 1.47. The number of aromatic hydroxyl groups is 1. The van der Waals surface area contributed by atoms with Crippen LogP contribution in [0.3, 0.4) is 0 Å². The maximum absolute atomic E-state index is 11.3. The van der Waals surface area contributed by atoms with Crippen molar-refractivity contribution >= 4 is 9.84 Å². The van der Waals surface area contributed by atoms with Crippen molar-refractivity contribution in [2.24, 2.45) is 0 Å². The van der Waals surface area contributed by atoms with Crippen molar-refractivity contribution in [1.29, 1.82) is 0 Å². The molecule has 1 aromatic carbocycles. The number of phenols is 1. The van der Waals surface area contributed by atoms with Crippen LogP contribution < -0.4 is 0 Å². The summed E-state index contributed by atoms with van der Waals surface area (Å²) in [6.45, 7) is 0. The molecule has 0 aliphatic carbocycles. The first-order valence-electron chi connectivity index (χ1n) is 3.57. The number of hydrogen-bond acceptors (Lipinski definition) is 4. The summed E-state index contributed by atoms with van der Waals surface area (Å²) in [4.78, 5) is 0.146. The van der Waals surface area contributed by atoms with Gasteiger partial charge in [-0.2, -0.15) is 0 Å². The molecule has 13 heavy (non-hydrogen) atoms. The lowest BCUT2D eigenvalue weighted by Crippen LogP contribution is -2.07. The predicted molar refractivity (Wildman–Crippen MR) is 47.2 cm³/mol. The number of methoxy groups -OCH3 is 1. The Kier molecular flexibility index (Phi) is 2.90. The Morgan fingerprint density at radius 3 is 2.31 bits per heavy atom. The summed E-state index contributed by atoms with van der Waals surface area (Å²) in [6.07, 6.45) is 0. The lowest BCUT2D eigenvalue weighted by molar-refractivity contribution is 0.250. The molecule has 0 aliphatic heterocycles. The van der Waals surface area contributed by atoms with E-state index in [9.17, 15) is 8.42 Å². The highest BCUT2D eigenvalue weighted by atomic mass is 32.2. The average Bonchev–Trinajstić information content (AvgIpc) is 2.05. The van der Waals surface area contributed by atoms with Crippen LogP contribution in [0.4, 0.5) is 0 Å². The topological polar surface area (TPSA) is 63.6 Å². The summed E-state index contributed by atoms with van der Waals surface area (Å²) < 4.78 is 27.2. The molecule has 0 aromatic heterocycles. The first-order valence-corrected chi connectivity index (χ1v) is 5.22. The van der Waals surface area contributed by atoms with Gasteiger partial charge in [0.2, 0.25) is 9.84 Å². The van der Waals surface area contributed by atoms with Crippen molar-refractivity contribution in [2.75, 3.05) is 13.0 Å². The maximum atomic E-state index is 11.3. The molecule has 0 amide bonds. The van der Waals surface area contributed by atoms with Crippen molar-refractivity contribution in [2.45, 2.75) is 4.90 Å². The van der Waals surface area contributed by atoms with Crippen molar-refractivity contribution < 1.29 is 18.3 Å². The number of phenolic OH excluding ortho intramolecular Hbond substituents is 1. The molecule has 0 aliphatic rings. The molecule has 1 N–H and O–H groups in total. The second-order valence-electron chi connectivity index (χ2n) is 2.52. The fourth-order valence-electron chi connectivity index (χ4n) is 0.877. The third kappa shape index (κ3) is 2.43. The summed E-state index contributed by atoms with van der Waals surface area (Å²) >= 11 is 0. The fourth-order valence-corrected chi connectivity index (χ4v) is 1.87. The van der Waals surface area contributed by atoms with Crippen LogP contribution in [0.5, 0.6) is 5.75 Å². The van der Waals surface area contributed by atoms with E-state index in [0.717, 1.165) is 0 Å². The van der Waals surface area contributed by atoms with E-state index in [1.165, 1.54) is 31.4 Å². The van der Waals surface area contributed by atoms with E-state index in [-0.39, 0.29) is 16.6 Å². The molecule has 72 valence electrons. The van der Waals surface area contributed by atoms with Crippen LogP contribution in [0, 0.1) is 0 Å². The van der Waals surface area contributed by atoms with Gasteiger partial charge in [-0.05, 0) is 24.3 Å². The van der Waals surface area contributed by atoms with E-state index in [1.807, 2.05) is 0 Å². The molecule has 0 saturated carbocycles. The third-order valence-corrected chi connectivity index (χ3v) is 3.01. The van der Waals surface area contributed by atoms with Gasteiger partial charge in [0.15, 0.2) is 5.94 Å². The molecule has 0 unspecified atom stereocenters. The van der Waals surface area contributed by atoms with Crippen LogP contribution >= 0.6 is 0 Å². The number of ether oxygens (including phenoxy) is 1. The maximum Gasteiger partial charge on any atom is 0.202 e. The van der Waals surface area contributed by atoms with Gasteiger partial charge in [0.1, 0.15) is 5.75 Å². The van der Waals surface area contributed by atoms with Gasteiger partial charge in [-0.3, -0.25) is 0 Å². The zero-order valence-corrected chi connectivity index (χ0v) is 7.91. The van der Waals surface area contributed by atoms with E-state index < -0.39 is 9.84 Å². The van der Waals surface area contributed by atoms with Gasteiger partial charge in [-0.1, -0.05) is 0 Å². The SMILES string of the molecule is COCS(=O)(=O)c1ccc(O)cc1. The smallest absolute Gasteiger partial charge is 0.202 e. The van der Waals surface area contributed by atoms with Crippen molar-refractivity contribution in [1.82, 2.24) is 0 Å². The highest BCUT2D eigenvalue weighted by molar-refractivity contribution is 7.91. The summed E-state index contributed by atoms with van der Waals surface area (Å²) in [7, 11) is -2.04. The van der Waals surface area contributed by atoms with E-state index >= 15 is 0 Å². The fraction of sp³-hybridized carbons (Fsp3) is 0.250. The molecule has 1 rings (SSSR count). The minimum atomic E-state index is -3.36. The van der Waals surface area contributed by atoms with Gasteiger partial charge in [0.25, 0.3) is 0 Å². The van der Waals surface area contributed by atoms with Crippen molar-refractivity contribution in [3.05, 3.63) is 24.3 Å². The minimum Gasteiger partial charge on any atom is -0.508 e. The molecule has 0 radical (unpaired) electrons. The van der Waals surface area contributed by atoms with Gasteiger partial charge >= 0.3 is 0 Å². The van der Waals surface area contributed by atoms with Crippen molar-refractivity contribution in [3.63, 3.8) is 0 Å². The van der Waals surface area contributed by atoms with Crippen molar-refractivity contribution in [3.8, 4) is 5.75 Å². The Morgan fingerprint density at radius 2 is 1.85 bits per heavy atom. The monoisotopic (exact) mass is 202 g/mol. The quantitative estimate of drug-likeness (QED) is 0.786. The molecule has 4 nitrogen and oxygen atoms in total. The van der Waals surface area contributed by atoms with Gasteiger partial charge < -0.3 is 9.84 Å². The van der Waals surface area contributed by atoms with Gasteiger partial charge in [0, 0.05) is 7.11 Å². The molecular formula is C8H10O4S. The molecular weight excluding hydrogens is 192 g/mol. The summed E-state index contributed by atoms with van der Waals surface area (Å²) in [6, 6.07) is 5.32. The largest absolute Gasteiger partial charge is 0.508 e. The number of sulfone groups is 1. The Hall–Kier alpha value is -1.07. The van der Waals surface area contributed by atoms with E-state index in [2.05, 4.69) is 4.74 Å². The van der Waals surface area contributed by atoms with Gasteiger partial charge in [-0.15, -0.1) is 0 Å². The molecule has 0 saturated heterocycles. The van der Waals surface area contributed by atoms with Crippen LogP contribution in [0.1, 0.15) is 0 Å². The average molecular weight is 202 g/mol. The lowest BCUT2D eigenvalue weighted by atomic mass is 10.3. The number of benzene rings is 1. The summed E-state index contributed by atoms with van der Waals surface area (Å²) in [5, 5.41) is 8.93.